The SMILES string of the molecule is Nc1ncn(C2C[C@H](O)[C@@H](Cc3ccc4ccccc4c3)O2)c(=O)n1. The van der Waals surface area contributed by atoms with E-state index in [0.29, 0.717) is 12.8 Å². The van der Waals surface area contributed by atoms with Crippen molar-refractivity contribution < 1.29 is 9.84 Å². The van der Waals surface area contributed by atoms with E-state index in [2.05, 4.69) is 34.2 Å². The molecule has 0 radical (unpaired) electrons. The molecule has 7 heteroatoms. The maximum Gasteiger partial charge on any atom is 0.354 e. The second-order valence-electron chi connectivity index (χ2n) is 6.22. The van der Waals surface area contributed by atoms with E-state index in [1.54, 1.807) is 0 Å². The average molecular weight is 338 g/mol. The minimum atomic E-state index is -0.666. The van der Waals surface area contributed by atoms with Crippen LogP contribution in [0.5, 0.6) is 0 Å². The first-order chi connectivity index (χ1) is 12.1. The fourth-order valence-corrected chi connectivity index (χ4v) is 3.22. The molecule has 7 nitrogen and oxygen atoms in total. The van der Waals surface area contributed by atoms with Gasteiger partial charge in [0.15, 0.2) is 0 Å². The molecule has 2 heterocycles. The van der Waals surface area contributed by atoms with Crippen molar-refractivity contribution >= 4 is 16.7 Å². The van der Waals surface area contributed by atoms with E-state index in [-0.39, 0.29) is 5.95 Å². The molecule has 0 amide bonds. The van der Waals surface area contributed by atoms with E-state index in [0.717, 1.165) is 10.9 Å². The second-order valence-corrected chi connectivity index (χ2v) is 6.22. The number of aliphatic hydroxyl groups is 1. The van der Waals surface area contributed by atoms with E-state index in [1.807, 2.05) is 18.2 Å². The van der Waals surface area contributed by atoms with Gasteiger partial charge in [-0.25, -0.2) is 9.78 Å². The third-order valence-corrected chi connectivity index (χ3v) is 4.51. The van der Waals surface area contributed by atoms with Crippen LogP contribution in [-0.2, 0) is 11.2 Å². The molecule has 128 valence electrons. The van der Waals surface area contributed by atoms with E-state index >= 15 is 0 Å². The highest BCUT2D eigenvalue weighted by atomic mass is 16.5. The normalized spacial score (nSPS) is 23.2. The lowest BCUT2D eigenvalue weighted by Gasteiger charge is -2.16. The van der Waals surface area contributed by atoms with Crippen LogP contribution in [0.4, 0.5) is 5.95 Å². The van der Waals surface area contributed by atoms with Crippen LogP contribution in [0, 0.1) is 0 Å². The van der Waals surface area contributed by atoms with Gasteiger partial charge in [-0.05, 0) is 16.3 Å². The van der Waals surface area contributed by atoms with Gasteiger partial charge in [0.05, 0.1) is 12.2 Å². The van der Waals surface area contributed by atoms with Crippen LogP contribution in [0.15, 0.2) is 53.6 Å². The lowest BCUT2D eigenvalue weighted by atomic mass is 10.0. The van der Waals surface area contributed by atoms with Crippen molar-refractivity contribution in [3.05, 3.63) is 64.8 Å². The summed E-state index contributed by atoms with van der Waals surface area (Å²) in [4.78, 5) is 19.3. The molecule has 1 aliphatic rings. The van der Waals surface area contributed by atoms with Gasteiger partial charge in [-0.1, -0.05) is 42.5 Å². The first-order valence-electron chi connectivity index (χ1n) is 8.12. The molecule has 3 aromatic rings. The van der Waals surface area contributed by atoms with Gasteiger partial charge in [0.25, 0.3) is 0 Å². The number of hydrogen-bond donors (Lipinski definition) is 2. The van der Waals surface area contributed by atoms with Crippen LogP contribution in [0.1, 0.15) is 18.2 Å². The lowest BCUT2D eigenvalue weighted by molar-refractivity contribution is -0.0200. The molecule has 0 aliphatic carbocycles. The fraction of sp³-hybridized carbons (Fsp3) is 0.278. The lowest BCUT2D eigenvalue weighted by Crippen LogP contribution is -2.28. The Morgan fingerprint density at radius 1 is 1.24 bits per heavy atom. The number of ether oxygens (including phenoxy) is 1. The van der Waals surface area contributed by atoms with Gasteiger partial charge in [0.1, 0.15) is 12.6 Å². The highest BCUT2D eigenvalue weighted by molar-refractivity contribution is 5.82. The number of aromatic nitrogens is 3. The van der Waals surface area contributed by atoms with Crippen LogP contribution >= 0.6 is 0 Å². The zero-order valence-electron chi connectivity index (χ0n) is 13.4. The van der Waals surface area contributed by atoms with Gasteiger partial charge >= 0.3 is 5.69 Å². The predicted octanol–water partition coefficient (Wildman–Crippen LogP) is 1.26. The van der Waals surface area contributed by atoms with Crippen molar-refractivity contribution in [2.45, 2.75) is 31.3 Å². The predicted molar refractivity (Wildman–Crippen MR) is 92.9 cm³/mol. The molecule has 1 unspecified atom stereocenters. The molecule has 3 N–H and O–H groups in total. The summed E-state index contributed by atoms with van der Waals surface area (Å²) < 4.78 is 7.15. The number of benzene rings is 2. The summed E-state index contributed by atoms with van der Waals surface area (Å²) >= 11 is 0. The molecule has 0 bridgehead atoms. The Labute approximate surface area is 143 Å². The molecular formula is C18H18N4O3. The third kappa shape index (κ3) is 3.11. The van der Waals surface area contributed by atoms with E-state index in [1.165, 1.54) is 16.3 Å². The molecule has 1 aliphatic heterocycles. The molecule has 1 aromatic heterocycles. The van der Waals surface area contributed by atoms with Gasteiger partial charge in [-0.3, -0.25) is 4.57 Å². The van der Waals surface area contributed by atoms with Crippen LogP contribution in [0.3, 0.4) is 0 Å². The minimum Gasteiger partial charge on any atom is -0.390 e. The van der Waals surface area contributed by atoms with Crippen LogP contribution < -0.4 is 11.4 Å². The van der Waals surface area contributed by atoms with Crippen molar-refractivity contribution in [3.8, 4) is 0 Å². The van der Waals surface area contributed by atoms with Crippen molar-refractivity contribution in [1.82, 2.24) is 14.5 Å². The molecule has 25 heavy (non-hydrogen) atoms. The van der Waals surface area contributed by atoms with Crippen LogP contribution in [0.25, 0.3) is 10.8 Å². The molecular weight excluding hydrogens is 320 g/mol. The molecule has 2 aromatic carbocycles. The maximum atomic E-state index is 11.9. The van der Waals surface area contributed by atoms with Crippen molar-refractivity contribution in [3.63, 3.8) is 0 Å². The summed E-state index contributed by atoms with van der Waals surface area (Å²) in [6.07, 6.45) is 0.531. The second kappa shape index (κ2) is 6.27. The van der Waals surface area contributed by atoms with E-state index < -0.39 is 24.1 Å². The van der Waals surface area contributed by atoms with Gasteiger partial charge in [-0.2, -0.15) is 4.98 Å². The molecule has 3 atom stereocenters. The fourth-order valence-electron chi connectivity index (χ4n) is 3.22. The van der Waals surface area contributed by atoms with Crippen LogP contribution in [0.2, 0.25) is 0 Å². The smallest absolute Gasteiger partial charge is 0.354 e. The van der Waals surface area contributed by atoms with Crippen molar-refractivity contribution in [1.29, 1.82) is 0 Å². The topological polar surface area (TPSA) is 103 Å². The summed E-state index contributed by atoms with van der Waals surface area (Å²) in [5, 5.41) is 12.6. The van der Waals surface area contributed by atoms with E-state index in [9.17, 15) is 9.90 Å². The summed E-state index contributed by atoms with van der Waals surface area (Å²) in [6.45, 7) is 0. The number of hydrogen-bond acceptors (Lipinski definition) is 6. The number of anilines is 1. The third-order valence-electron chi connectivity index (χ3n) is 4.51. The number of nitrogens with two attached hydrogens (primary N) is 1. The Balaban J connectivity index is 1.53. The summed E-state index contributed by atoms with van der Waals surface area (Å²) in [6, 6.07) is 14.3. The quantitative estimate of drug-likeness (QED) is 0.745. The van der Waals surface area contributed by atoms with Crippen molar-refractivity contribution in [2.75, 3.05) is 5.73 Å². The Hall–Kier alpha value is -2.77. The number of rotatable bonds is 3. The number of fused-ring (bicyclic) bond motifs is 1. The Morgan fingerprint density at radius 3 is 2.84 bits per heavy atom. The monoisotopic (exact) mass is 338 g/mol. The van der Waals surface area contributed by atoms with Gasteiger partial charge in [0.2, 0.25) is 5.95 Å². The average Bonchev–Trinajstić information content (AvgIpc) is 2.95. The zero-order valence-corrected chi connectivity index (χ0v) is 13.4. The van der Waals surface area contributed by atoms with Gasteiger partial charge in [0, 0.05) is 12.8 Å². The molecule has 1 saturated heterocycles. The first kappa shape index (κ1) is 15.7. The highest BCUT2D eigenvalue weighted by Crippen LogP contribution is 2.30. The summed E-state index contributed by atoms with van der Waals surface area (Å²) in [5.74, 6) is -0.0764. The maximum absolute atomic E-state index is 11.9. The first-order valence-corrected chi connectivity index (χ1v) is 8.12. The number of nitrogen functional groups attached to an aromatic ring is 1. The van der Waals surface area contributed by atoms with Crippen molar-refractivity contribution in [2.24, 2.45) is 0 Å². The Kier molecular flexibility index (Phi) is 3.95. The number of nitrogens with zero attached hydrogens (tertiary/aromatic N) is 3. The Bertz CT molecular complexity index is 972. The largest absolute Gasteiger partial charge is 0.390 e. The Morgan fingerprint density at radius 2 is 2.04 bits per heavy atom. The molecule has 0 spiro atoms. The standard InChI is InChI=1S/C18H18N4O3/c19-17-20-10-22(18(24)21-17)16-9-14(23)15(25-16)8-11-5-6-12-3-1-2-4-13(12)7-11/h1-7,10,14-16,23H,8-9H2,(H2,19,21,24)/t14-,15+,16?/m0/s1. The van der Waals surface area contributed by atoms with Gasteiger partial charge < -0.3 is 15.6 Å². The van der Waals surface area contributed by atoms with Crippen LogP contribution in [-0.4, -0.2) is 31.8 Å². The minimum absolute atomic E-state index is 0.0764. The molecule has 4 rings (SSSR count). The van der Waals surface area contributed by atoms with E-state index in [4.69, 9.17) is 10.5 Å². The number of aliphatic hydroxyl groups excluding tert-OH is 1. The highest BCUT2D eigenvalue weighted by Gasteiger charge is 2.35. The summed E-state index contributed by atoms with van der Waals surface area (Å²) in [7, 11) is 0. The van der Waals surface area contributed by atoms with Gasteiger partial charge in [-0.15, -0.1) is 0 Å². The molecule has 0 saturated carbocycles. The summed E-state index contributed by atoms with van der Waals surface area (Å²) in [5.41, 5.74) is 5.94. The molecule has 1 fully saturated rings. The zero-order chi connectivity index (χ0) is 17.4.